The fourth-order valence-electron chi connectivity index (χ4n) is 6.63. The Kier molecular flexibility index (Phi) is 3.03. The third-order valence-corrected chi connectivity index (χ3v) is 7.72. The molecule has 4 rings (SSSR count). The first-order chi connectivity index (χ1) is 9.59. The number of fused-ring (bicyclic) bond motifs is 5. The van der Waals surface area contributed by atoms with E-state index in [0.29, 0.717) is 11.7 Å². The summed E-state index contributed by atoms with van der Waals surface area (Å²) in [5.74, 6) is 4.52. The molecule has 4 aliphatic rings. The number of hydrogen-bond acceptors (Lipinski definition) is 2. The number of ketones is 1. The number of carbonyl (C=O) groups excluding carboxylic acids is 1. The average Bonchev–Trinajstić information content (AvgIpc) is 2.74. The molecule has 0 unspecified atom stereocenters. The Hall–Kier alpha value is -0.370. The zero-order valence-electron chi connectivity index (χ0n) is 12.7. The van der Waals surface area contributed by atoms with E-state index >= 15 is 0 Å². The maximum absolute atomic E-state index is 11.7. The second-order valence-corrected chi connectivity index (χ2v) is 8.35. The van der Waals surface area contributed by atoms with Gasteiger partial charge in [0.2, 0.25) is 0 Å². The third-order valence-electron chi connectivity index (χ3n) is 7.72. The van der Waals surface area contributed by atoms with Crippen LogP contribution in [0.1, 0.15) is 64.7 Å². The van der Waals surface area contributed by atoms with Gasteiger partial charge in [-0.1, -0.05) is 6.92 Å². The van der Waals surface area contributed by atoms with Crippen LogP contribution in [0.25, 0.3) is 0 Å². The topological polar surface area (TPSA) is 37.3 Å². The van der Waals surface area contributed by atoms with E-state index in [2.05, 4.69) is 6.92 Å². The lowest BCUT2D eigenvalue weighted by Gasteiger charge is -2.55. The number of aliphatic hydroxyl groups excluding tert-OH is 1. The van der Waals surface area contributed by atoms with Crippen molar-refractivity contribution in [3.05, 3.63) is 0 Å². The van der Waals surface area contributed by atoms with Crippen LogP contribution in [0, 0.1) is 35.0 Å². The van der Waals surface area contributed by atoms with Crippen molar-refractivity contribution in [1.29, 1.82) is 0 Å². The number of Topliss-reactive ketones (excluding diaryl/α,β-unsaturated/α-hetero) is 1. The Bertz CT molecular complexity index is 418. The van der Waals surface area contributed by atoms with E-state index < -0.39 is 0 Å². The second-order valence-electron chi connectivity index (χ2n) is 8.35. The SMILES string of the molecule is C[C@]12CC[C@@H]3[C@@H](CC[C@@H]4CC(=O)CC[C@@H]43)[C@H]1CC[C@@H]2O. The first-order valence-corrected chi connectivity index (χ1v) is 8.79. The number of aliphatic hydroxyl groups is 1. The minimum Gasteiger partial charge on any atom is -0.393 e. The highest BCUT2D eigenvalue weighted by Gasteiger charge is 2.56. The van der Waals surface area contributed by atoms with Crippen molar-refractivity contribution in [2.45, 2.75) is 70.8 Å². The summed E-state index contributed by atoms with van der Waals surface area (Å²) >= 11 is 0. The van der Waals surface area contributed by atoms with Crippen molar-refractivity contribution >= 4 is 5.78 Å². The summed E-state index contributed by atoms with van der Waals surface area (Å²) < 4.78 is 0. The summed E-state index contributed by atoms with van der Waals surface area (Å²) in [7, 11) is 0. The Labute approximate surface area is 122 Å². The molecular formula is C18H28O2. The molecule has 0 aromatic rings. The lowest BCUT2D eigenvalue weighted by atomic mass is 9.50. The molecule has 112 valence electrons. The van der Waals surface area contributed by atoms with Gasteiger partial charge in [-0.3, -0.25) is 4.79 Å². The van der Waals surface area contributed by atoms with Crippen LogP contribution >= 0.6 is 0 Å². The normalized spacial score (nSPS) is 55.0. The summed E-state index contributed by atoms with van der Waals surface area (Å²) in [5.41, 5.74) is 0.207. The second kappa shape index (κ2) is 4.56. The van der Waals surface area contributed by atoms with Gasteiger partial charge >= 0.3 is 0 Å². The molecular weight excluding hydrogens is 248 g/mol. The molecule has 4 fully saturated rings. The average molecular weight is 276 g/mol. The van der Waals surface area contributed by atoms with Gasteiger partial charge in [0.05, 0.1) is 6.10 Å². The van der Waals surface area contributed by atoms with Crippen molar-refractivity contribution < 1.29 is 9.90 Å². The standard InChI is InChI=1S/C18H28O2/c1-18-9-8-14-13-5-3-12(19)10-11(13)2-4-15(14)16(18)6-7-17(18)20/h11,13-17,20H,2-10H2,1H3/t11-,13+,14+,15-,16-,17+,18+/m1/s1. The van der Waals surface area contributed by atoms with Gasteiger partial charge in [0.15, 0.2) is 0 Å². The van der Waals surface area contributed by atoms with Crippen LogP contribution in [-0.4, -0.2) is 17.0 Å². The van der Waals surface area contributed by atoms with Crippen LogP contribution < -0.4 is 0 Å². The number of hydrogen-bond donors (Lipinski definition) is 1. The number of rotatable bonds is 0. The molecule has 20 heavy (non-hydrogen) atoms. The fraction of sp³-hybridized carbons (Fsp3) is 0.944. The minimum absolute atomic E-state index is 0.0564. The molecule has 4 saturated carbocycles. The molecule has 0 radical (unpaired) electrons. The van der Waals surface area contributed by atoms with Gasteiger partial charge in [0.25, 0.3) is 0 Å². The van der Waals surface area contributed by atoms with Crippen molar-refractivity contribution in [1.82, 2.24) is 0 Å². The van der Waals surface area contributed by atoms with Crippen LogP contribution in [0.2, 0.25) is 0 Å². The molecule has 0 aliphatic heterocycles. The van der Waals surface area contributed by atoms with E-state index in [1.54, 1.807) is 0 Å². The van der Waals surface area contributed by atoms with E-state index in [1.807, 2.05) is 0 Å². The van der Waals surface area contributed by atoms with E-state index in [-0.39, 0.29) is 11.5 Å². The smallest absolute Gasteiger partial charge is 0.133 e. The summed E-state index contributed by atoms with van der Waals surface area (Å²) in [6, 6.07) is 0. The van der Waals surface area contributed by atoms with Crippen molar-refractivity contribution in [3.63, 3.8) is 0 Å². The summed E-state index contributed by atoms with van der Waals surface area (Å²) in [5, 5.41) is 10.4. The molecule has 0 saturated heterocycles. The molecule has 1 N–H and O–H groups in total. The molecule has 0 heterocycles. The zero-order chi connectivity index (χ0) is 13.9. The van der Waals surface area contributed by atoms with Crippen LogP contribution in [-0.2, 0) is 4.79 Å². The molecule has 0 spiro atoms. The first-order valence-electron chi connectivity index (χ1n) is 8.79. The van der Waals surface area contributed by atoms with E-state index in [1.165, 1.54) is 32.1 Å². The van der Waals surface area contributed by atoms with Gasteiger partial charge in [-0.25, -0.2) is 0 Å². The molecule has 2 nitrogen and oxygen atoms in total. The fourth-order valence-corrected chi connectivity index (χ4v) is 6.63. The van der Waals surface area contributed by atoms with Crippen molar-refractivity contribution in [2.24, 2.45) is 35.0 Å². The van der Waals surface area contributed by atoms with Gasteiger partial charge in [-0.05, 0) is 80.0 Å². The maximum Gasteiger partial charge on any atom is 0.133 e. The highest BCUT2D eigenvalue weighted by molar-refractivity contribution is 5.79. The quantitative estimate of drug-likeness (QED) is 0.734. The van der Waals surface area contributed by atoms with E-state index in [0.717, 1.165) is 49.4 Å². The van der Waals surface area contributed by atoms with Gasteiger partial charge in [-0.2, -0.15) is 0 Å². The molecule has 0 aromatic heterocycles. The monoisotopic (exact) mass is 276 g/mol. The summed E-state index contributed by atoms with van der Waals surface area (Å²) in [6.07, 6.45) is 10.2. The largest absolute Gasteiger partial charge is 0.393 e. The van der Waals surface area contributed by atoms with Crippen LogP contribution in [0.5, 0.6) is 0 Å². The van der Waals surface area contributed by atoms with Gasteiger partial charge in [0.1, 0.15) is 5.78 Å². The molecule has 2 heteroatoms. The number of carbonyl (C=O) groups is 1. The Morgan fingerprint density at radius 1 is 1.00 bits per heavy atom. The highest BCUT2D eigenvalue weighted by atomic mass is 16.3. The Balaban J connectivity index is 1.58. The van der Waals surface area contributed by atoms with E-state index in [4.69, 9.17) is 0 Å². The third kappa shape index (κ3) is 1.76. The van der Waals surface area contributed by atoms with Crippen molar-refractivity contribution in [2.75, 3.05) is 0 Å². The molecule has 0 bridgehead atoms. The van der Waals surface area contributed by atoms with Crippen LogP contribution in [0.4, 0.5) is 0 Å². The maximum atomic E-state index is 11.7. The van der Waals surface area contributed by atoms with Gasteiger partial charge in [-0.15, -0.1) is 0 Å². The van der Waals surface area contributed by atoms with Crippen LogP contribution in [0.15, 0.2) is 0 Å². The summed E-state index contributed by atoms with van der Waals surface area (Å²) in [4.78, 5) is 11.7. The first kappa shape index (κ1) is 13.3. The van der Waals surface area contributed by atoms with E-state index in [9.17, 15) is 9.90 Å². The highest BCUT2D eigenvalue weighted by Crippen LogP contribution is 2.62. The molecule has 0 amide bonds. The Morgan fingerprint density at radius 2 is 1.85 bits per heavy atom. The Morgan fingerprint density at radius 3 is 2.70 bits per heavy atom. The zero-order valence-corrected chi connectivity index (χ0v) is 12.7. The predicted molar refractivity (Wildman–Crippen MR) is 78.1 cm³/mol. The lowest BCUT2D eigenvalue weighted by Crippen LogP contribution is -2.49. The molecule has 7 atom stereocenters. The predicted octanol–water partition coefficient (Wildman–Crippen LogP) is 3.57. The summed E-state index contributed by atoms with van der Waals surface area (Å²) in [6.45, 7) is 2.35. The van der Waals surface area contributed by atoms with Crippen molar-refractivity contribution in [3.8, 4) is 0 Å². The van der Waals surface area contributed by atoms with Gasteiger partial charge < -0.3 is 5.11 Å². The lowest BCUT2D eigenvalue weighted by molar-refractivity contribution is -0.128. The van der Waals surface area contributed by atoms with Gasteiger partial charge in [0, 0.05) is 12.8 Å². The van der Waals surface area contributed by atoms with Crippen LogP contribution in [0.3, 0.4) is 0 Å². The molecule has 4 aliphatic carbocycles. The minimum atomic E-state index is -0.0564. The molecule has 0 aromatic carbocycles.